The number of hydrogen-bond donors (Lipinski definition) is 2. The molecule has 0 aliphatic carbocycles. The number of halogens is 3. The molecule has 8 nitrogen and oxygen atoms in total. The number of nitrogens with two attached hydrogens (primary N) is 2. The maximum atomic E-state index is 5.72. The largest absolute Gasteiger partial charge is 1.00 e. The van der Waals surface area contributed by atoms with Gasteiger partial charge in [0, 0.05) is 31.3 Å². The van der Waals surface area contributed by atoms with Crippen LogP contribution < -0.4 is 42.8 Å². The molecule has 0 amide bonds. The average molecular weight is 665 g/mol. The van der Waals surface area contributed by atoms with Gasteiger partial charge in [0.05, 0.1) is 36.9 Å². The van der Waals surface area contributed by atoms with Crippen molar-refractivity contribution in [3.63, 3.8) is 0 Å². The van der Waals surface area contributed by atoms with Gasteiger partial charge >= 0.3 is 5.95 Å². The molecule has 1 aliphatic heterocycles. The maximum Gasteiger partial charge on any atom is 0.421 e. The van der Waals surface area contributed by atoms with Gasteiger partial charge in [-0.15, -0.1) is 24.8 Å². The van der Waals surface area contributed by atoms with Gasteiger partial charge in [0.1, 0.15) is 5.69 Å². The highest BCUT2D eigenvalue weighted by molar-refractivity contribution is 5.85. The lowest BCUT2D eigenvalue weighted by molar-refractivity contribution is -0.684. The molecule has 1 aromatic carbocycles. The zero-order chi connectivity index (χ0) is 26.3. The van der Waals surface area contributed by atoms with Gasteiger partial charge in [-0.3, -0.25) is 0 Å². The van der Waals surface area contributed by atoms with Gasteiger partial charge in [0.2, 0.25) is 0 Å². The van der Waals surface area contributed by atoms with Crippen LogP contribution in [0.25, 0.3) is 0 Å². The molecule has 40 heavy (non-hydrogen) atoms. The molecule has 0 fully saturated rings. The normalized spacial score (nSPS) is 12.6. The summed E-state index contributed by atoms with van der Waals surface area (Å²) in [4.78, 5) is 5.12. The molecule has 0 radical (unpaired) electrons. The van der Waals surface area contributed by atoms with Crippen molar-refractivity contribution in [2.45, 2.75) is 91.1 Å². The molecule has 2 heterocycles. The van der Waals surface area contributed by atoms with Crippen molar-refractivity contribution in [1.29, 1.82) is 0 Å². The third kappa shape index (κ3) is 11.8. The van der Waals surface area contributed by atoms with Crippen LogP contribution in [0, 0.1) is 0 Å². The maximum absolute atomic E-state index is 5.72. The smallest absolute Gasteiger partial charge is 0.421 e. The van der Waals surface area contributed by atoms with Crippen LogP contribution >= 0.6 is 24.8 Å². The van der Waals surface area contributed by atoms with Crippen LogP contribution in [0.2, 0.25) is 0 Å². The first-order valence-electron chi connectivity index (χ1n) is 14.8. The fourth-order valence-corrected chi connectivity index (χ4v) is 5.03. The standard InChI is InChI=1S/C29H51N8.BrH.2ClH/c1-3-5-9-17-34-21-22-35(18-10-6-4-2)28-25-26(13-14-27(28)34)32-33-29-36(19-11-7-15-30)23-24-37(29)20-12-8-16-31;;;/h13-14,23-25H,3-12,15-22,30-31H2,1-2H3;3*1H/q+1;;;/p-1. The summed E-state index contributed by atoms with van der Waals surface area (Å²) >= 11 is 0. The fourth-order valence-electron chi connectivity index (χ4n) is 5.03. The van der Waals surface area contributed by atoms with E-state index in [9.17, 15) is 0 Å². The molecule has 0 saturated heterocycles. The van der Waals surface area contributed by atoms with Crippen LogP contribution in [-0.2, 0) is 13.1 Å². The molecule has 2 aromatic rings. The van der Waals surface area contributed by atoms with Crippen molar-refractivity contribution in [3.05, 3.63) is 30.6 Å². The van der Waals surface area contributed by atoms with Crippen molar-refractivity contribution in [2.24, 2.45) is 21.7 Å². The van der Waals surface area contributed by atoms with Crippen LogP contribution in [0.1, 0.15) is 78.1 Å². The minimum Gasteiger partial charge on any atom is -1.00 e. The number of aryl methyl sites for hydroxylation is 2. The van der Waals surface area contributed by atoms with E-state index < -0.39 is 0 Å². The van der Waals surface area contributed by atoms with Gasteiger partial charge in [-0.05, 0) is 69.8 Å². The highest BCUT2D eigenvalue weighted by Crippen LogP contribution is 2.37. The highest BCUT2D eigenvalue weighted by atomic mass is 79.9. The van der Waals surface area contributed by atoms with E-state index in [1.165, 1.54) is 49.9 Å². The third-order valence-electron chi connectivity index (χ3n) is 7.24. The van der Waals surface area contributed by atoms with E-state index in [1.807, 2.05) is 0 Å². The van der Waals surface area contributed by atoms with Crippen LogP contribution in [-0.4, -0.2) is 43.8 Å². The van der Waals surface area contributed by atoms with E-state index in [0.29, 0.717) is 13.1 Å². The highest BCUT2D eigenvalue weighted by Gasteiger charge is 2.23. The molecular weight excluding hydrogens is 611 g/mol. The Bertz CT molecular complexity index is 929. The first kappa shape index (κ1) is 38.6. The second-order valence-electron chi connectivity index (χ2n) is 10.2. The van der Waals surface area contributed by atoms with E-state index in [4.69, 9.17) is 21.7 Å². The van der Waals surface area contributed by atoms with Gasteiger partial charge in [-0.25, -0.2) is 9.13 Å². The zero-order valence-corrected chi connectivity index (χ0v) is 27.9. The summed E-state index contributed by atoms with van der Waals surface area (Å²) in [5, 5.41) is 9.53. The number of benzene rings is 1. The minimum atomic E-state index is 0. The van der Waals surface area contributed by atoms with Crippen molar-refractivity contribution < 1.29 is 21.5 Å². The average Bonchev–Trinajstić information content (AvgIpc) is 3.30. The monoisotopic (exact) mass is 662 g/mol. The number of aromatic nitrogens is 2. The minimum absolute atomic E-state index is 0. The third-order valence-corrected chi connectivity index (χ3v) is 7.24. The van der Waals surface area contributed by atoms with Gasteiger partial charge in [0.25, 0.3) is 0 Å². The molecule has 11 heteroatoms. The number of imidazole rings is 1. The number of fused-ring (bicyclic) bond motifs is 1. The summed E-state index contributed by atoms with van der Waals surface area (Å²) in [7, 11) is 0. The Hall–Kier alpha value is -1.39. The Labute approximate surface area is 265 Å². The second-order valence-corrected chi connectivity index (χ2v) is 10.2. The lowest BCUT2D eigenvalue weighted by atomic mass is 10.1. The number of nitrogens with zero attached hydrogens (tertiary/aromatic N) is 6. The van der Waals surface area contributed by atoms with Gasteiger partial charge in [-0.2, -0.15) is 0 Å². The van der Waals surface area contributed by atoms with E-state index in [2.05, 4.69) is 63.4 Å². The first-order valence-corrected chi connectivity index (χ1v) is 14.8. The number of unbranched alkanes of at least 4 members (excludes halogenated alkanes) is 6. The Morgan fingerprint density at radius 1 is 0.750 bits per heavy atom. The summed E-state index contributed by atoms with van der Waals surface area (Å²) in [6.07, 6.45) is 15.9. The van der Waals surface area contributed by atoms with Crippen molar-refractivity contribution in [1.82, 2.24) is 4.57 Å². The van der Waals surface area contributed by atoms with Crippen molar-refractivity contribution in [2.75, 3.05) is 49.1 Å². The van der Waals surface area contributed by atoms with Gasteiger partial charge in [-0.1, -0.05) is 44.6 Å². The SMILES string of the molecule is CCCCCN1CCN(CCCCC)c2cc(/N=N/c3n(CCCCN)cc[n+]3CCCCN)ccc21.Cl.Cl.[Br-]. The zero-order valence-electron chi connectivity index (χ0n) is 24.6. The molecule has 230 valence electrons. The van der Waals surface area contributed by atoms with Crippen LogP contribution in [0.15, 0.2) is 40.8 Å². The summed E-state index contributed by atoms with van der Waals surface area (Å²) in [5.74, 6) is 0.896. The molecule has 0 spiro atoms. The van der Waals surface area contributed by atoms with Gasteiger partial charge < -0.3 is 38.2 Å². The molecule has 1 aromatic heterocycles. The molecular formula is C29H53BrCl2N8. The quantitative estimate of drug-likeness (QED) is 0.145. The lowest BCUT2D eigenvalue weighted by Gasteiger charge is -2.39. The van der Waals surface area contributed by atoms with Crippen LogP contribution in [0.3, 0.4) is 0 Å². The fraction of sp³-hybridized carbons (Fsp3) is 0.690. The molecule has 0 bridgehead atoms. The number of anilines is 2. The predicted octanol–water partition coefficient (Wildman–Crippen LogP) is 3.52. The molecule has 3 rings (SSSR count). The molecule has 0 saturated carbocycles. The van der Waals surface area contributed by atoms with E-state index in [0.717, 1.165) is 76.6 Å². The lowest BCUT2D eigenvalue weighted by Crippen LogP contribution is -3.00. The molecule has 4 N–H and O–H groups in total. The van der Waals surface area contributed by atoms with Crippen molar-refractivity contribution in [3.8, 4) is 0 Å². The summed E-state index contributed by atoms with van der Waals surface area (Å²) in [6, 6.07) is 6.64. The Balaban J connectivity index is 0.00000507. The Morgan fingerprint density at radius 3 is 1.98 bits per heavy atom. The second kappa shape index (κ2) is 22.2. The summed E-state index contributed by atoms with van der Waals surface area (Å²) in [5.41, 5.74) is 15.0. The van der Waals surface area contributed by atoms with Gasteiger partial charge in [0.15, 0.2) is 0 Å². The molecule has 0 atom stereocenters. The molecule has 0 unspecified atom stereocenters. The Kier molecular flexibility index (Phi) is 21.5. The predicted molar refractivity (Wildman–Crippen MR) is 170 cm³/mol. The topological polar surface area (TPSA) is 92.0 Å². The Morgan fingerprint density at radius 2 is 1.35 bits per heavy atom. The first-order chi connectivity index (χ1) is 18.2. The van der Waals surface area contributed by atoms with Crippen molar-refractivity contribution >= 4 is 47.8 Å². The van der Waals surface area contributed by atoms with Crippen LogP contribution in [0.5, 0.6) is 0 Å². The van der Waals surface area contributed by atoms with E-state index in [-0.39, 0.29) is 41.8 Å². The number of azo groups is 1. The number of rotatable bonds is 18. The molecule has 1 aliphatic rings. The summed E-state index contributed by atoms with van der Waals surface area (Å²) in [6.45, 7) is 12.2. The van der Waals surface area contributed by atoms with E-state index in [1.54, 1.807) is 0 Å². The van der Waals surface area contributed by atoms with E-state index >= 15 is 0 Å². The number of hydrogen-bond acceptors (Lipinski definition) is 6. The van der Waals surface area contributed by atoms with Crippen LogP contribution in [0.4, 0.5) is 23.0 Å². The summed E-state index contributed by atoms with van der Waals surface area (Å²) < 4.78 is 4.40.